The van der Waals surface area contributed by atoms with Gasteiger partial charge in [0.15, 0.2) is 0 Å². The first-order valence-corrected chi connectivity index (χ1v) is 8.80. The molecule has 0 saturated carbocycles. The molecule has 0 atom stereocenters. The van der Waals surface area contributed by atoms with Crippen LogP contribution >= 0.6 is 0 Å². The topological polar surface area (TPSA) is 49.8 Å². The van der Waals surface area contributed by atoms with Crippen LogP contribution < -0.4 is 0 Å². The fourth-order valence-corrected chi connectivity index (χ4v) is 2.20. The van der Waals surface area contributed by atoms with Crippen molar-refractivity contribution >= 4 is 5.97 Å². The molecule has 0 unspecified atom stereocenters. The van der Waals surface area contributed by atoms with Crippen molar-refractivity contribution in [1.82, 2.24) is 0 Å². The summed E-state index contributed by atoms with van der Waals surface area (Å²) < 4.78 is 5.45. The summed E-state index contributed by atoms with van der Waals surface area (Å²) in [6, 6.07) is 0. The molecule has 1 rings (SSSR count). The van der Waals surface area contributed by atoms with Gasteiger partial charge in [0.1, 0.15) is 11.5 Å². The molecule has 1 heterocycles. The maximum absolute atomic E-state index is 10.4. The lowest BCUT2D eigenvalue weighted by Gasteiger charge is -1.90. The first-order valence-electron chi connectivity index (χ1n) is 8.80. The Morgan fingerprint density at radius 1 is 0.913 bits per heavy atom. The molecule has 1 N–H and O–H groups in total. The van der Waals surface area contributed by atoms with Crippen molar-refractivity contribution in [3.8, 4) is 0 Å². The lowest BCUT2D eigenvalue weighted by atomic mass is 10.2. The number of carbonyl (C=O) groups is 1. The van der Waals surface area contributed by atoms with Crippen LogP contribution in [0.1, 0.15) is 71.1 Å². The van der Waals surface area contributed by atoms with Gasteiger partial charge in [-0.1, -0.05) is 56.2 Å². The minimum Gasteiger partial charge on any atom is -0.481 e. The predicted molar refractivity (Wildman–Crippen MR) is 95.0 cm³/mol. The van der Waals surface area contributed by atoms with E-state index in [-0.39, 0.29) is 6.42 Å². The Kier molecular flexibility index (Phi) is 10.7. The molecule has 0 aromatic heterocycles. The molecule has 3 heteroatoms. The minimum absolute atomic E-state index is 0.243. The minimum atomic E-state index is -0.725. The number of rotatable bonds is 14. The van der Waals surface area contributed by atoms with Crippen molar-refractivity contribution in [1.29, 1.82) is 0 Å². The van der Waals surface area contributed by atoms with Crippen molar-refractivity contribution < 1.29 is 14.6 Å². The van der Waals surface area contributed by atoms with Gasteiger partial charge in [-0.25, -0.2) is 0 Å². The number of allylic oxidation sites excluding steroid dienone is 6. The Labute approximate surface area is 140 Å². The standard InChI is InChI=1S/C20H30O3/c1-2-3-4-5-6-7-8-9-12-15-18-19(23-18)16-13-10-11-14-17-20(21)22/h6-7,9-10,12-13H,2-5,8,11,14-17H2,1H3,(H,21,22)/b7-6-,12-9-,13-10-. The van der Waals surface area contributed by atoms with Crippen molar-refractivity contribution in [3.63, 3.8) is 0 Å². The fourth-order valence-electron chi connectivity index (χ4n) is 2.20. The smallest absolute Gasteiger partial charge is 0.303 e. The predicted octanol–water partition coefficient (Wildman–Crippen LogP) is 5.90. The van der Waals surface area contributed by atoms with Gasteiger partial charge in [0.25, 0.3) is 0 Å². The van der Waals surface area contributed by atoms with E-state index in [9.17, 15) is 4.79 Å². The Morgan fingerprint density at radius 3 is 2.22 bits per heavy atom. The van der Waals surface area contributed by atoms with Crippen LogP contribution in [0, 0.1) is 0 Å². The second-order valence-electron chi connectivity index (χ2n) is 5.79. The van der Waals surface area contributed by atoms with Crippen molar-refractivity contribution in [2.45, 2.75) is 71.1 Å². The van der Waals surface area contributed by atoms with Crippen molar-refractivity contribution in [2.75, 3.05) is 0 Å². The largest absolute Gasteiger partial charge is 0.481 e. The average Bonchev–Trinajstić information content (AvgIpc) is 3.27. The molecule has 0 aromatic rings. The van der Waals surface area contributed by atoms with Gasteiger partial charge in [0.05, 0.1) is 0 Å². The molecule has 0 fully saturated rings. The normalized spacial score (nSPS) is 14.3. The van der Waals surface area contributed by atoms with Crippen LogP contribution in [0.5, 0.6) is 0 Å². The number of ether oxygens (including phenoxy) is 1. The lowest BCUT2D eigenvalue weighted by molar-refractivity contribution is -0.137. The molecule has 23 heavy (non-hydrogen) atoms. The van der Waals surface area contributed by atoms with Gasteiger partial charge in [0, 0.05) is 19.3 Å². The van der Waals surface area contributed by atoms with Crippen molar-refractivity contribution in [2.24, 2.45) is 0 Å². The summed E-state index contributed by atoms with van der Waals surface area (Å²) in [5, 5.41) is 8.53. The van der Waals surface area contributed by atoms with E-state index in [1.807, 2.05) is 6.08 Å². The van der Waals surface area contributed by atoms with Gasteiger partial charge in [0.2, 0.25) is 0 Å². The summed E-state index contributed by atoms with van der Waals surface area (Å²) in [6.07, 6.45) is 22.5. The van der Waals surface area contributed by atoms with Gasteiger partial charge in [-0.3, -0.25) is 4.79 Å². The van der Waals surface area contributed by atoms with E-state index in [1.54, 1.807) is 0 Å². The summed E-state index contributed by atoms with van der Waals surface area (Å²) in [4.78, 5) is 10.4. The summed E-state index contributed by atoms with van der Waals surface area (Å²) >= 11 is 0. The zero-order valence-corrected chi connectivity index (χ0v) is 14.3. The quantitative estimate of drug-likeness (QED) is 0.320. The summed E-state index contributed by atoms with van der Waals surface area (Å²) in [6.45, 7) is 2.23. The van der Waals surface area contributed by atoms with Gasteiger partial charge in [-0.2, -0.15) is 0 Å². The monoisotopic (exact) mass is 318 g/mol. The summed E-state index contributed by atoms with van der Waals surface area (Å²) in [5.41, 5.74) is 0. The average molecular weight is 318 g/mol. The molecular formula is C20H30O3. The first kappa shape index (κ1) is 19.3. The third-order valence-electron chi connectivity index (χ3n) is 3.63. The van der Waals surface area contributed by atoms with Gasteiger partial charge in [-0.05, 0) is 32.1 Å². The number of hydrogen-bond acceptors (Lipinski definition) is 2. The Balaban J connectivity index is 2.01. The summed E-state index contributed by atoms with van der Waals surface area (Å²) in [7, 11) is 0. The van der Waals surface area contributed by atoms with Crippen LogP contribution in [0.4, 0.5) is 0 Å². The Bertz CT molecular complexity index is 456. The van der Waals surface area contributed by atoms with Gasteiger partial charge < -0.3 is 9.84 Å². The third-order valence-corrected chi connectivity index (χ3v) is 3.63. The zero-order valence-electron chi connectivity index (χ0n) is 14.3. The zero-order chi connectivity index (χ0) is 16.8. The molecule has 0 saturated heterocycles. The van der Waals surface area contributed by atoms with Gasteiger partial charge >= 0.3 is 5.97 Å². The van der Waals surface area contributed by atoms with Crippen LogP contribution in [-0.2, 0) is 9.53 Å². The maximum Gasteiger partial charge on any atom is 0.303 e. The molecule has 0 radical (unpaired) electrons. The SMILES string of the molecule is CCCCC/C=C\C/C=C\CC1=C(C/C=C\CCCC(=O)O)O1. The van der Waals surface area contributed by atoms with Crippen LogP contribution in [0.2, 0.25) is 0 Å². The molecule has 128 valence electrons. The van der Waals surface area contributed by atoms with Crippen LogP contribution in [0.3, 0.4) is 0 Å². The fraction of sp³-hybridized carbons (Fsp3) is 0.550. The number of unbranched alkanes of at least 4 members (excludes halogenated alkanes) is 4. The molecule has 0 bridgehead atoms. The van der Waals surface area contributed by atoms with Crippen molar-refractivity contribution in [3.05, 3.63) is 48.0 Å². The van der Waals surface area contributed by atoms with E-state index in [2.05, 4.69) is 37.3 Å². The van der Waals surface area contributed by atoms with E-state index < -0.39 is 5.97 Å². The van der Waals surface area contributed by atoms with Crippen LogP contribution in [-0.4, -0.2) is 11.1 Å². The number of carboxylic acid groups (broad SMARTS) is 1. The highest BCUT2D eigenvalue weighted by atomic mass is 16.6. The Morgan fingerprint density at radius 2 is 1.52 bits per heavy atom. The molecule has 0 aromatic carbocycles. The molecule has 0 aliphatic carbocycles. The molecule has 1 aliphatic heterocycles. The molecule has 1 aliphatic rings. The molecular weight excluding hydrogens is 288 g/mol. The molecule has 0 spiro atoms. The van der Waals surface area contributed by atoms with E-state index in [1.165, 1.54) is 25.7 Å². The molecule has 0 amide bonds. The highest BCUT2D eigenvalue weighted by molar-refractivity contribution is 5.66. The van der Waals surface area contributed by atoms with E-state index in [4.69, 9.17) is 9.84 Å². The van der Waals surface area contributed by atoms with E-state index in [0.29, 0.717) is 6.42 Å². The van der Waals surface area contributed by atoms with E-state index >= 15 is 0 Å². The van der Waals surface area contributed by atoms with Crippen LogP contribution in [0.25, 0.3) is 0 Å². The number of hydrogen-bond donors (Lipinski definition) is 1. The first-order chi connectivity index (χ1) is 11.2. The second-order valence-corrected chi connectivity index (χ2v) is 5.79. The Hall–Kier alpha value is -1.77. The van der Waals surface area contributed by atoms with E-state index in [0.717, 1.165) is 37.2 Å². The third kappa shape index (κ3) is 11.5. The maximum atomic E-state index is 10.4. The summed E-state index contributed by atoms with van der Waals surface area (Å²) in [5.74, 6) is 1.43. The van der Waals surface area contributed by atoms with Crippen LogP contribution in [0.15, 0.2) is 48.0 Å². The highest BCUT2D eigenvalue weighted by Crippen LogP contribution is 2.32. The number of aliphatic carboxylic acids is 1. The number of carboxylic acids is 1. The second kappa shape index (κ2) is 12.7. The lowest BCUT2D eigenvalue weighted by Crippen LogP contribution is -1.92. The molecule has 3 nitrogen and oxygen atoms in total. The highest BCUT2D eigenvalue weighted by Gasteiger charge is 2.21. The van der Waals surface area contributed by atoms with Gasteiger partial charge in [-0.15, -0.1) is 0 Å².